The lowest BCUT2D eigenvalue weighted by atomic mass is 10.1. The Kier molecular flexibility index (Phi) is 6.18. The number of rotatable bonds is 8. The van der Waals surface area contributed by atoms with E-state index >= 15 is 0 Å². The van der Waals surface area contributed by atoms with Crippen molar-refractivity contribution in [1.82, 2.24) is 14.8 Å². The number of hydrogen-bond acceptors (Lipinski definition) is 7. The molecule has 30 heavy (non-hydrogen) atoms. The van der Waals surface area contributed by atoms with E-state index in [1.165, 1.54) is 7.11 Å². The van der Waals surface area contributed by atoms with Gasteiger partial charge in [-0.05, 0) is 38.1 Å². The minimum absolute atomic E-state index is 0.0551. The fraction of sp³-hybridized carbons (Fsp3) is 0.350. The quantitative estimate of drug-likeness (QED) is 0.442. The zero-order valence-electron chi connectivity index (χ0n) is 17.4. The van der Waals surface area contributed by atoms with E-state index in [-0.39, 0.29) is 35.9 Å². The monoisotopic (exact) mass is 415 g/mol. The van der Waals surface area contributed by atoms with E-state index in [2.05, 4.69) is 20.7 Å². The van der Waals surface area contributed by atoms with E-state index in [4.69, 9.17) is 16.2 Å². The summed E-state index contributed by atoms with van der Waals surface area (Å²) in [6.07, 6.45) is 0. The lowest BCUT2D eigenvalue weighted by Crippen LogP contribution is -2.41. The predicted octanol–water partition coefficient (Wildman–Crippen LogP) is 2.03. The van der Waals surface area contributed by atoms with Gasteiger partial charge in [0, 0.05) is 31.3 Å². The van der Waals surface area contributed by atoms with Crippen LogP contribution in [0.4, 0.5) is 21.7 Å². The van der Waals surface area contributed by atoms with Gasteiger partial charge in [0.15, 0.2) is 11.6 Å². The van der Waals surface area contributed by atoms with Gasteiger partial charge in [0.2, 0.25) is 0 Å². The van der Waals surface area contributed by atoms with Crippen molar-refractivity contribution in [3.05, 3.63) is 41.3 Å². The van der Waals surface area contributed by atoms with Gasteiger partial charge in [-0.2, -0.15) is 5.10 Å². The highest BCUT2D eigenvalue weighted by Crippen LogP contribution is 2.27. The molecule has 0 saturated carbocycles. The second kappa shape index (κ2) is 8.64. The van der Waals surface area contributed by atoms with Gasteiger partial charge in [0.1, 0.15) is 5.82 Å². The number of nitrogens with zero attached hydrogens (tertiary/aromatic N) is 3. The number of methoxy groups -OCH3 is 1. The molecule has 0 unspecified atom stereocenters. The molecule has 160 valence electrons. The van der Waals surface area contributed by atoms with Crippen LogP contribution in [0.1, 0.15) is 23.0 Å². The molecule has 0 aliphatic heterocycles. The van der Waals surface area contributed by atoms with E-state index < -0.39 is 11.7 Å². The molecule has 3 rings (SSSR count). The Morgan fingerprint density at radius 1 is 1.33 bits per heavy atom. The first-order valence-electron chi connectivity index (χ1n) is 9.43. The van der Waals surface area contributed by atoms with Crippen LogP contribution in [0.5, 0.6) is 0 Å². The number of nitrogens with one attached hydrogen (secondary N) is 2. The van der Waals surface area contributed by atoms with Gasteiger partial charge in [-0.15, -0.1) is 0 Å². The molecule has 2 heterocycles. The number of hydrogen-bond donors (Lipinski definition) is 4. The lowest BCUT2D eigenvalue weighted by Gasteiger charge is -2.23. The third kappa shape index (κ3) is 4.34. The summed E-state index contributed by atoms with van der Waals surface area (Å²) < 4.78 is 21.5. The topological polar surface area (TPSA) is 133 Å². The van der Waals surface area contributed by atoms with E-state index in [0.717, 1.165) is 22.7 Å². The lowest BCUT2D eigenvalue weighted by molar-refractivity contribution is 0.100. The number of amides is 1. The first-order valence-corrected chi connectivity index (χ1v) is 9.43. The number of benzene rings is 1. The maximum absolute atomic E-state index is 14.6. The summed E-state index contributed by atoms with van der Waals surface area (Å²) in [5.74, 6) is -1.43. The number of carbonyl (C=O) groups is 1. The second-order valence-corrected chi connectivity index (χ2v) is 7.21. The number of anilines is 3. The molecular formula is C20H26FN7O2. The third-order valence-electron chi connectivity index (χ3n) is 4.84. The molecule has 1 amide bonds. The summed E-state index contributed by atoms with van der Waals surface area (Å²) in [6, 6.07) is 5.96. The van der Waals surface area contributed by atoms with E-state index in [1.807, 2.05) is 32.2 Å². The maximum atomic E-state index is 14.6. The Labute approximate surface area is 173 Å². The Bertz CT molecular complexity index is 1080. The minimum Gasteiger partial charge on any atom is -0.382 e. The van der Waals surface area contributed by atoms with Crippen molar-refractivity contribution in [2.45, 2.75) is 25.9 Å². The number of carbonyl (C=O) groups excluding carboxylic acids is 1. The number of nitrogens with two attached hydrogens (primary N) is 2. The van der Waals surface area contributed by atoms with Gasteiger partial charge in [0.05, 0.1) is 29.4 Å². The van der Waals surface area contributed by atoms with Crippen LogP contribution in [-0.4, -0.2) is 46.5 Å². The molecule has 3 aromatic rings. The second-order valence-electron chi connectivity index (χ2n) is 7.21. The smallest absolute Gasteiger partial charge is 0.252 e. The number of halogens is 1. The summed E-state index contributed by atoms with van der Waals surface area (Å²) in [5.41, 5.74) is 13.8. The average Bonchev–Trinajstić information content (AvgIpc) is 2.96. The normalized spacial score (nSPS) is 13.3. The van der Waals surface area contributed by atoms with Gasteiger partial charge >= 0.3 is 0 Å². The van der Waals surface area contributed by atoms with Gasteiger partial charge in [-0.25, -0.2) is 9.37 Å². The van der Waals surface area contributed by atoms with Crippen LogP contribution in [0.15, 0.2) is 24.3 Å². The maximum Gasteiger partial charge on any atom is 0.252 e. The molecule has 1 aromatic carbocycles. The van der Waals surface area contributed by atoms with Crippen LogP contribution in [0.2, 0.25) is 0 Å². The predicted molar refractivity (Wildman–Crippen MR) is 114 cm³/mol. The molecule has 0 spiro atoms. The van der Waals surface area contributed by atoms with Crippen LogP contribution in [0, 0.1) is 12.7 Å². The largest absolute Gasteiger partial charge is 0.382 e. The van der Waals surface area contributed by atoms with Gasteiger partial charge in [-0.3, -0.25) is 9.48 Å². The molecule has 2 aromatic heterocycles. The molecule has 10 heteroatoms. The third-order valence-corrected chi connectivity index (χ3v) is 4.84. The molecule has 0 fully saturated rings. The van der Waals surface area contributed by atoms with Crippen molar-refractivity contribution in [3.8, 4) is 0 Å². The zero-order valence-corrected chi connectivity index (χ0v) is 17.4. The summed E-state index contributed by atoms with van der Waals surface area (Å²) in [7, 11) is 3.39. The zero-order chi connectivity index (χ0) is 22.0. The molecule has 0 saturated heterocycles. The molecule has 9 nitrogen and oxygen atoms in total. The number of aromatic nitrogens is 3. The van der Waals surface area contributed by atoms with Crippen LogP contribution in [-0.2, 0) is 11.8 Å². The van der Waals surface area contributed by atoms with Gasteiger partial charge < -0.3 is 26.8 Å². The molecule has 0 aliphatic carbocycles. The Morgan fingerprint density at radius 3 is 2.70 bits per heavy atom. The van der Waals surface area contributed by atoms with Gasteiger partial charge in [-0.1, -0.05) is 0 Å². The Balaban J connectivity index is 2.00. The fourth-order valence-electron chi connectivity index (χ4n) is 3.21. The average molecular weight is 415 g/mol. The minimum atomic E-state index is -0.797. The number of ether oxygens (including phenoxy) is 1. The number of primary amides is 1. The summed E-state index contributed by atoms with van der Waals surface area (Å²) in [5, 5.41) is 11.3. The van der Waals surface area contributed by atoms with E-state index in [0.29, 0.717) is 5.69 Å². The van der Waals surface area contributed by atoms with Crippen LogP contribution < -0.4 is 22.1 Å². The standard InChI is InChI=1S/C20H26FN7O2/c1-10(22)16(9-30-4)25-20-15(21)8-14(18(23)29)19(26-20)24-12-5-6-17-13(7-12)11(2)27-28(17)3/h5-8,10,16H,9,22H2,1-4H3,(H2,23,29)(H2,24,25,26)/t10-,16+/m0/s1. The SMILES string of the molecule is COC[C@@H](Nc1nc(Nc2ccc3c(c2)c(C)nn3C)c(C(N)=O)cc1F)[C@H](C)N. The van der Waals surface area contributed by atoms with Crippen molar-refractivity contribution in [3.63, 3.8) is 0 Å². The molecule has 0 bridgehead atoms. The van der Waals surface area contributed by atoms with Crippen molar-refractivity contribution in [2.75, 3.05) is 24.4 Å². The fourth-order valence-corrected chi connectivity index (χ4v) is 3.21. The molecule has 6 N–H and O–H groups in total. The summed E-state index contributed by atoms with van der Waals surface area (Å²) in [6.45, 7) is 3.94. The molecule has 0 aliphatic rings. The first-order chi connectivity index (χ1) is 14.2. The first kappa shape index (κ1) is 21.5. The van der Waals surface area contributed by atoms with Crippen molar-refractivity contribution in [1.29, 1.82) is 0 Å². The number of aryl methyl sites for hydroxylation is 2. The van der Waals surface area contributed by atoms with Crippen LogP contribution in [0.3, 0.4) is 0 Å². The molecule has 0 radical (unpaired) electrons. The highest BCUT2D eigenvalue weighted by atomic mass is 19.1. The van der Waals surface area contributed by atoms with Gasteiger partial charge in [0.25, 0.3) is 5.91 Å². The molecule has 2 atom stereocenters. The van der Waals surface area contributed by atoms with Crippen molar-refractivity contribution >= 4 is 34.1 Å². The van der Waals surface area contributed by atoms with E-state index in [1.54, 1.807) is 11.6 Å². The van der Waals surface area contributed by atoms with E-state index in [9.17, 15) is 9.18 Å². The molecular weight excluding hydrogens is 389 g/mol. The number of fused-ring (bicyclic) bond motifs is 1. The van der Waals surface area contributed by atoms with Crippen LogP contribution >= 0.6 is 0 Å². The van der Waals surface area contributed by atoms with Crippen molar-refractivity contribution < 1.29 is 13.9 Å². The Morgan fingerprint density at radius 2 is 2.07 bits per heavy atom. The highest BCUT2D eigenvalue weighted by Gasteiger charge is 2.20. The summed E-state index contributed by atoms with van der Waals surface area (Å²) in [4.78, 5) is 16.2. The van der Waals surface area contributed by atoms with Crippen LogP contribution in [0.25, 0.3) is 10.9 Å². The van der Waals surface area contributed by atoms with Crippen molar-refractivity contribution in [2.24, 2.45) is 18.5 Å². The Hall–Kier alpha value is -3.24. The highest BCUT2D eigenvalue weighted by molar-refractivity contribution is 5.99. The number of pyridine rings is 1. The summed E-state index contributed by atoms with van der Waals surface area (Å²) >= 11 is 0.